The second-order valence-corrected chi connectivity index (χ2v) is 8.02. The van der Waals surface area contributed by atoms with E-state index in [2.05, 4.69) is 9.88 Å². The maximum atomic E-state index is 12.2. The summed E-state index contributed by atoms with van der Waals surface area (Å²) in [5, 5.41) is 0. The van der Waals surface area contributed by atoms with Crippen molar-refractivity contribution in [2.24, 2.45) is 11.3 Å². The highest BCUT2D eigenvalue weighted by Gasteiger charge is 2.44. The van der Waals surface area contributed by atoms with Crippen LogP contribution in [0.15, 0.2) is 18.2 Å². The van der Waals surface area contributed by atoms with Crippen molar-refractivity contribution >= 4 is 5.91 Å². The van der Waals surface area contributed by atoms with Gasteiger partial charge in [-0.15, -0.1) is 0 Å². The van der Waals surface area contributed by atoms with Crippen molar-refractivity contribution in [3.63, 3.8) is 0 Å². The molecule has 1 saturated carbocycles. The molecule has 2 saturated heterocycles. The second-order valence-electron chi connectivity index (χ2n) is 8.02. The Morgan fingerprint density at radius 1 is 1.36 bits per heavy atom. The lowest BCUT2D eigenvalue weighted by atomic mass is 9.76. The van der Waals surface area contributed by atoms with Crippen LogP contribution in [0.3, 0.4) is 0 Å². The van der Waals surface area contributed by atoms with Crippen molar-refractivity contribution in [2.45, 2.75) is 51.7 Å². The number of pyridine rings is 1. The first kappa shape index (κ1) is 17.0. The van der Waals surface area contributed by atoms with E-state index < -0.39 is 0 Å². The van der Waals surface area contributed by atoms with Gasteiger partial charge in [-0.1, -0.05) is 6.07 Å². The summed E-state index contributed by atoms with van der Waals surface area (Å²) in [6.45, 7) is 5.78. The fourth-order valence-electron chi connectivity index (χ4n) is 4.12. The van der Waals surface area contributed by atoms with Crippen LogP contribution in [0.2, 0.25) is 0 Å². The Morgan fingerprint density at radius 2 is 2.16 bits per heavy atom. The van der Waals surface area contributed by atoms with Crippen LogP contribution in [0.25, 0.3) is 0 Å². The molecule has 0 aromatic carbocycles. The Balaban J connectivity index is 1.21. The molecule has 0 bridgehead atoms. The minimum atomic E-state index is 0.176. The summed E-state index contributed by atoms with van der Waals surface area (Å²) >= 11 is 0. The van der Waals surface area contributed by atoms with E-state index in [1.165, 1.54) is 0 Å². The maximum Gasteiger partial charge on any atom is 0.225 e. The summed E-state index contributed by atoms with van der Waals surface area (Å²) in [6, 6.07) is 6.00. The van der Waals surface area contributed by atoms with Gasteiger partial charge >= 0.3 is 0 Å². The van der Waals surface area contributed by atoms with E-state index in [0.717, 1.165) is 63.2 Å². The molecular weight excluding hydrogens is 316 g/mol. The number of carbonyl (C=O) groups is 1. The van der Waals surface area contributed by atoms with Gasteiger partial charge < -0.3 is 14.4 Å². The Kier molecular flexibility index (Phi) is 4.78. The van der Waals surface area contributed by atoms with Gasteiger partial charge in [0.1, 0.15) is 0 Å². The molecular formula is C20H28N2O3. The third-order valence-corrected chi connectivity index (χ3v) is 5.85. The number of nitrogens with zero attached hydrogens (tertiary/aromatic N) is 2. The van der Waals surface area contributed by atoms with Crippen LogP contribution in [-0.4, -0.2) is 48.2 Å². The molecule has 0 unspecified atom stereocenters. The summed E-state index contributed by atoms with van der Waals surface area (Å²) in [6.07, 6.45) is 5.57. The molecule has 2 aliphatic heterocycles. The molecule has 4 rings (SSSR count). The number of ether oxygens (including phenoxy) is 2. The highest BCUT2D eigenvalue weighted by atomic mass is 16.5. The molecule has 3 heterocycles. The molecule has 1 aromatic heterocycles. The molecule has 136 valence electrons. The molecule has 1 spiro atoms. The number of aryl methyl sites for hydroxylation is 1. The van der Waals surface area contributed by atoms with E-state index in [4.69, 9.17) is 9.47 Å². The van der Waals surface area contributed by atoms with Crippen LogP contribution < -0.4 is 0 Å². The van der Waals surface area contributed by atoms with Crippen molar-refractivity contribution in [1.82, 2.24) is 9.88 Å². The van der Waals surface area contributed by atoms with Crippen LogP contribution in [-0.2, 0) is 20.9 Å². The largest absolute Gasteiger partial charge is 0.375 e. The number of likely N-dealkylation sites (tertiary alicyclic amines) is 1. The number of piperidine rings is 1. The molecule has 25 heavy (non-hydrogen) atoms. The Morgan fingerprint density at radius 3 is 2.88 bits per heavy atom. The van der Waals surface area contributed by atoms with Gasteiger partial charge in [-0.2, -0.15) is 0 Å². The number of aromatic nitrogens is 1. The molecule has 3 aliphatic rings. The minimum Gasteiger partial charge on any atom is -0.375 e. The number of carbonyl (C=O) groups excluding carboxylic acids is 1. The summed E-state index contributed by atoms with van der Waals surface area (Å²) in [7, 11) is 0. The summed E-state index contributed by atoms with van der Waals surface area (Å²) in [5.41, 5.74) is 2.25. The Labute approximate surface area is 149 Å². The maximum absolute atomic E-state index is 12.2. The van der Waals surface area contributed by atoms with Gasteiger partial charge in [0.05, 0.1) is 31.6 Å². The SMILES string of the molecule is Cc1cccc(COC[C@H]2CC3(CCN(C(=O)C4CC4)CC3)CO2)n1. The lowest BCUT2D eigenvalue weighted by Crippen LogP contribution is -2.44. The van der Waals surface area contributed by atoms with E-state index in [-0.39, 0.29) is 11.5 Å². The van der Waals surface area contributed by atoms with Crippen molar-refractivity contribution < 1.29 is 14.3 Å². The smallest absolute Gasteiger partial charge is 0.225 e. The quantitative estimate of drug-likeness (QED) is 0.824. The highest BCUT2D eigenvalue weighted by molar-refractivity contribution is 5.81. The van der Waals surface area contributed by atoms with Crippen LogP contribution in [0, 0.1) is 18.3 Å². The zero-order valence-corrected chi connectivity index (χ0v) is 15.1. The summed E-state index contributed by atoms with van der Waals surface area (Å²) in [5.74, 6) is 0.726. The van der Waals surface area contributed by atoms with Gasteiger partial charge in [0.15, 0.2) is 0 Å². The van der Waals surface area contributed by atoms with Gasteiger partial charge in [0.2, 0.25) is 5.91 Å². The van der Waals surface area contributed by atoms with E-state index >= 15 is 0 Å². The first-order valence-electron chi connectivity index (χ1n) is 9.54. The average molecular weight is 344 g/mol. The fraction of sp³-hybridized carbons (Fsp3) is 0.700. The predicted molar refractivity (Wildman–Crippen MR) is 94.0 cm³/mol. The monoisotopic (exact) mass is 344 g/mol. The zero-order chi connectivity index (χ0) is 17.3. The van der Waals surface area contributed by atoms with Crippen molar-refractivity contribution in [1.29, 1.82) is 0 Å². The molecule has 1 amide bonds. The molecule has 5 nitrogen and oxygen atoms in total. The van der Waals surface area contributed by atoms with Crippen molar-refractivity contribution in [2.75, 3.05) is 26.3 Å². The second kappa shape index (κ2) is 7.04. The van der Waals surface area contributed by atoms with Crippen molar-refractivity contribution in [3.8, 4) is 0 Å². The number of hydrogen-bond donors (Lipinski definition) is 0. The van der Waals surface area contributed by atoms with E-state index in [0.29, 0.717) is 25.0 Å². The lowest BCUT2D eigenvalue weighted by Gasteiger charge is -2.38. The summed E-state index contributed by atoms with van der Waals surface area (Å²) in [4.78, 5) is 18.7. The Bertz CT molecular complexity index is 621. The highest BCUT2D eigenvalue weighted by Crippen LogP contribution is 2.43. The topological polar surface area (TPSA) is 51.7 Å². The average Bonchev–Trinajstić information content (AvgIpc) is 3.39. The lowest BCUT2D eigenvalue weighted by molar-refractivity contribution is -0.134. The number of amides is 1. The predicted octanol–water partition coefficient (Wildman–Crippen LogP) is 2.71. The number of rotatable bonds is 5. The van der Waals surface area contributed by atoms with Gasteiger partial charge in [-0.3, -0.25) is 9.78 Å². The van der Waals surface area contributed by atoms with Gasteiger partial charge in [0.25, 0.3) is 0 Å². The van der Waals surface area contributed by atoms with Gasteiger partial charge in [0, 0.05) is 24.7 Å². The molecule has 1 aliphatic carbocycles. The van der Waals surface area contributed by atoms with Crippen LogP contribution in [0.1, 0.15) is 43.5 Å². The fourth-order valence-corrected chi connectivity index (χ4v) is 4.12. The first-order valence-corrected chi connectivity index (χ1v) is 9.54. The third-order valence-electron chi connectivity index (χ3n) is 5.85. The van der Waals surface area contributed by atoms with Crippen LogP contribution in [0.5, 0.6) is 0 Å². The van der Waals surface area contributed by atoms with Crippen LogP contribution >= 0.6 is 0 Å². The standard InChI is InChI=1S/C20H28N2O3/c1-15-3-2-4-17(21-15)12-24-13-18-11-20(14-25-18)7-9-22(10-8-20)19(23)16-5-6-16/h2-4,16,18H,5-14H2,1H3/t18-/m1/s1. The van der Waals surface area contributed by atoms with E-state index in [9.17, 15) is 4.79 Å². The minimum absolute atomic E-state index is 0.176. The molecule has 1 atom stereocenters. The van der Waals surface area contributed by atoms with E-state index in [1.807, 2.05) is 25.1 Å². The first-order chi connectivity index (χ1) is 12.1. The van der Waals surface area contributed by atoms with Gasteiger partial charge in [-0.25, -0.2) is 0 Å². The van der Waals surface area contributed by atoms with E-state index in [1.54, 1.807) is 0 Å². The normalized spacial score (nSPS) is 25.5. The zero-order valence-electron chi connectivity index (χ0n) is 15.1. The molecule has 0 N–H and O–H groups in total. The number of hydrogen-bond acceptors (Lipinski definition) is 4. The molecule has 1 aromatic rings. The summed E-state index contributed by atoms with van der Waals surface area (Å²) < 4.78 is 11.9. The van der Waals surface area contributed by atoms with Crippen molar-refractivity contribution in [3.05, 3.63) is 29.6 Å². The Hall–Kier alpha value is -1.46. The molecule has 3 fully saturated rings. The van der Waals surface area contributed by atoms with Crippen LogP contribution in [0.4, 0.5) is 0 Å². The molecule has 5 heteroatoms. The molecule has 0 radical (unpaired) electrons. The van der Waals surface area contributed by atoms with Gasteiger partial charge in [-0.05, 0) is 56.6 Å². The third kappa shape index (κ3) is 4.04.